The summed E-state index contributed by atoms with van der Waals surface area (Å²) < 4.78 is 0. The third-order valence-corrected chi connectivity index (χ3v) is 5.41. The lowest BCUT2D eigenvalue weighted by molar-refractivity contribution is -0.117. The molecule has 0 aromatic carbocycles. The first-order chi connectivity index (χ1) is 13.9. The number of urea groups is 1. The Morgan fingerprint density at radius 2 is 1.90 bits per heavy atom. The second-order valence-electron chi connectivity index (χ2n) is 7.42. The quantitative estimate of drug-likeness (QED) is 0.745. The number of nitrogens with zero attached hydrogens (tertiary/aromatic N) is 5. The van der Waals surface area contributed by atoms with E-state index in [9.17, 15) is 9.59 Å². The van der Waals surface area contributed by atoms with Crippen molar-refractivity contribution >= 4 is 34.2 Å². The van der Waals surface area contributed by atoms with E-state index in [0.29, 0.717) is 37.2 Å². The molecule has 3 rings (SSSR count). The molecule has 2 aromatic rings. The van der Waals surface area contributed by atoms with Gasteiger partial charge in [-0.15, -0.1) is 10.2 Å². The van der Waals surface area contributed by atoms with Crippen molar-refractivity contribution in [2.45, 2.75) is 33.2 Å². The molecule has 2 aromatic heterocycles. The zero-order valence-electron chi connectivity index (χ0n) is 17.0. The van der Waals surface area contributed by atoms with E-state index in [1.54, 1.807) is 18.0 Å². The third kappa shape index (κ3) is 5.86. The second kappa shape index (κ2) is 9.64. The van der Waals surface area contributed by atoms with Gasteiger partial charge in [0.05, 0.1) is 0 Å². The summed E-state index contributed by atoms with van der Waals surface area (Å²) in [6, 6.07) is 4.88. The van der Waals surface area contributed by atoms with Gasteiger partial charge in [-0.1, -0.05) is 31.3 Å². The van der Waals surface area contributed by atoms with Crippen LogP contribution in [0.25, 0.3) is 0 Å². The highest BCUT2D eigenvalue weighted by atomic mass is 32.1. The number of amides is 3. The molecule has 2 N–H and O–H groups in total. The molecule has 10 heteroatoms. The first-order valence-electron chi connectivity index (χ1n) is 9.77. The molecule has 0 spiro atoms. The Kier molecular flexibility index (Phi) is 6.97. The number of carbonyl (C=O) groups excluding carboxylic acids is 2. The van der Waals surface area contributed by atoms with Crippen LogP contribution in [0.2, 0.25) is 0 Å². The number of hydrogen-bond donors (Lipinski definition) is 2. The summed E-state index contributed by atoms with van der Waals surface area (Å²) >= 11 is 1.36. The van der Waals surface area contributed by atoms with Crippen LogP contribution in [-0.2, 0) is 11.2 Å². The maximum Gasteiger partial charge on any atom is 0.318 e. The molecule has 1 atom stereocenters. The van der Waals surface area contributed by atoms with Gasteiger partial charge in [0, 0.05) is 38.8 Å². The molecule has 1 unspecified atom stereocenters. The molecule has 1 aliphatic rings. The number of aromatic nitrogens is 3. The van der Waals surface area contributed by atoms with Gasteiger partial charge in [0.15, 0.2) is 0 Å². The smallest absolute Gasteiger partial charge is 0.318 e. The highest BCUT2D eigenvalue weighted by molar-refractivity contribution is 7.15. The van der Waals surface area contributed by atoms with Crippen molar-refractivity contribution < 1.29 is 9.59 Å². The first-order valence-corrected chi connectivity index (χ1v) is 10.6. The number of anilines is 2. The minimum Gasteiger partial charge on any atom is -0.353 e. The van der Waals surface area contributed by atoms with Gasteiger partial charge >= 0.3 is 6.03 Å². The van der Waals surface area contributed by atoms with Crippen LogP contribution in [0, 0.1) is 5.92 Å². The molecule has 29 heavy (non-hydrogen) atoms. The van der Waals surface area contributed by atoms with E-state index in [1.807, 2.05) is 18.2 Å². The largest absolute Gasteiger partial charge is 0.353 e. The lowest BCUT2D eigenvalue weighted by Crippen LogP contribution is -2.54. The molecule has 0 bridgehead atoms. The standard InChI is InChI=1S/C19H27N7O2S/c1-13(2)12-16-23-24-18(29-16)22-17(27)14(3)21-19(28)26-10-8-25(9-11-26)15-6-4-5-7-20-15/h4-7,13-14H,8-12H2,1-3H3,(H,21,28)(H,22,24,27). The Morgan fingerprint density at radius 1 is 1.14 bits per heavy atom. The Balaban J connectivity index is 1.45. The lowest BCUT2D eigenvalue weighted by atomic mass is 10.1. The summed E-state index contributed by atoms with van der Waals surface area (Å²) in [5.74, 6) is 1.08. The number of rotatable bonds is 6. The SMILES string of the molecule is CC(C)Cc1nnc(NC(=O)C(C)NC(=O)N2CCN(c3ccccn3)CC2)s1. The molecule has 3 heterocycles. The normalized spacial score (nSPS) is 15.3. The summed E-state index contributed by atoms with van der Waals surface area (Å²) in [7, 11) is 0. The average molecular weight is 418 g/mol. The van der Waals surface area contributed by atoms with E-state index in [2.05, 4.69) is 44.6 Å². The van der Waals surface area contributed by atoms with Gasteiger partial charge < -0.3 is 15.1 Å². The van der Waals surface area contributed by atoms with E-state index < -0.39 is 6.04 Å². The summed E-state index contributed by atoms with van der Waals surface area (Å²) in [4.78, 5) is 33.1. The van der Waals surface area contributed by atoms with Gasteiger partial charge in [0.25, 0.3) is 0 Å². The van der Waals surface area contributed by atoms with E-state index in [4.69, 9.17) is 0 Å². The predicted molar refractivity (Wildman–Crippen MR) is 113 cm³/mol. The van der Waals surface area contributed by atoms with Crippen LogP contribution in [0.15, 0.2) is 24.4 Å². The maximum absolute atomic E-state index is 12.5. The molecular weight excluding hydrogens is 390 g/mol. The molecule has 0 saturated carbocycles. The van der Waals surface area contributed by atoms with Crippen LogP contribution in [0.5, 0.6) is 0 Å². The monoisotopic (exact) mass is 417 g/mol. The van der Waals surface area contributed by atoms with Gasteiger partial charge in [0.2, 0.25) is 11.0 Å². The summed E-state index contributed by atoms with van der Waals surface area (Å²) in [5, 5.41) is 14.9. The van der Waals surface area contributed by atoms with Crippen LogP contribution in [-0.4, -0.2) is 64.2 Å². The van der Waals surface area contributed by atoms with Gasteiger partial charge in [-0.25, -0.2) is 9.78 Å². The fraction of sp³-hybridized carbons (Fsp3) is 0.526. The Bertz CT molecular complexity index is 819. The average Bonchev–Trinajstić information content (AvgIpc) is 3.14. The van der Waals surface area contributed by atoms with Crippen molar-refractivity contribution in [2.24, 2.45) is 5.92 Å². The van der Waals surface area contributed by atoms with Crippen molar-refractivity contribution in [3.63, 3.8) is 0 Å². The molecule has 1 saturated heterocycles. The fourth-order valence-electron chi connectivity index (χ4n) is 2.97. The number of carbonyl (C=O) groups is 2. The Morgan fingerprint density at radius 3 is 2.55 bits per heavy atom. The van der Waals surface area contributed by atoms with E-state index in [0.717, 1.165) is 17.2 Å². The molecule has 1 fully saturated rings. The third-order valence-electron chi connectivity index (χ3n) is 4.55. The predicted octanol–water partition coefficient (Wildman–Crippen LogP) is 1.99. The molecule has 156 valence electrons. The molecule has 9 nitrogen and oxygen atoms in total. The number of hydrogen-bond acceptors (Lipinski definition) is 7. The highest BCUT2D eigenvalue weighted by Crippen LogP contribution is 2.18. The van der Waals surface area contributed by atoms with Crippen molar-refractivity contribution in [1.29, 1.82) is 0 Å². The minimum atomic E-state index is -0.672. The van der Waals surface area contributed by atoms with Gasteiger partial charge in [-0.3, -0.25) is 10.1 Å². The number of piperazine rings is 1. The molecule has 0 radical (unpaired) electrons. The van der Waals surface area contributed by atoms with Crippen LogP contribution in [0.1, 0.15) is 25.8 Å². The zero-order valence-corrected chi connectivity index (χ0v) is 17.8. The van der Waals surface area contributed by atoms with Crippen LogP contribution in [0.3, 0.4) is 0 Å². The molecule has 3 amide bonds. The van der Waals surface area contributed by atoms with E-state index in [-0.39, 0.29) is 11.9 Å². The van der Waals surface area contributed by atoms with Gasteiger partial charge in [-0.05, 0) is 25.0 Å². The van der Waals surface area contributed by atoms with Crippen LogP contribution >= 0.6 is 11.3 Å². The van der Waals surface area contributed by atoms with E-state index >= 15 is 0 Å². The molecular formula is C19H27N7O2S. The number of pyridine rings is 1. The molecule has 0 aliphatic carbocycles. The fourth-order valence-corrected chi connectivity index (χ4v) is 3.93. The Hall–Kier alpha value is -2.75. The highest BCUT2D eigenvalue weighted by Gasteiger charge is 2.25. The summed E-state index contributed by atoms with van der Waals surface area (Å²) in [5.41, 5.74) is 0. The van der Waals surface area contributed by atoms with Crippen LogP contribution < -0.4 is 15.5 Å². The van der Waals surface area contributed by atoms with Gasteiger partial charge in [-0.2, -0.15) is 0 Å². The number of nitrogens with one attached hydrogen (secondary N) is 2. The zero-order chi connectivity index (χ0) is 20.8. The van der Waals surface area contributed by atoms with Crippen molar-refractivity contribution in [3.05, 3.63) is 29.4 Å². The van der Waals surface area contributed by atoms with Crippen molar-refractivity contribution in [2.75, 3.05) is 36.4 Å². The lowest BCUT2D eigenvalue weighted by Gasteiger charge is -2.35. The Labute approximate surface area is 174 Å². The first kappa shape index (κ1) is 21.0. The van der Waals surface area contributed by atoms with Crippen molar-refractivity contribution in [3.8, 4) is 0 Å². The second-order valence-corrected chi connectivity index (χ2v) is 8.48. The van der Waals surface area contributed by atoms with Crippen LogP contribution in [0.4, 0.5) is 15.7 Å². The minimum absolute atomic E-state index is 0.244. The van der Waals surface area contributed by atoms with Gasteiger partial charge in [0.1, 0.15) is 16.9 Å². The topological polar surface area (TPSA) is 103 Å². The molecule has 1 aliphatic heterocycles. The van der Waals surface area contributed by atoms with Crippen molar-refractivity contribution in [1.82, 2.24) is 25.4 Å². The summed E-state index contributed by atoms with van der Waals surface area (Å²) in [6.45, 7) is 8.43. The summed E-state index contributed by atoms with van der Waals surface area (Å²) in [6.07, 6.45) is 2.59. The maximum atomic E-state index is 12.5. The van der Waals surface area contributed by atoms with E-state index in [1.165, 1.54) is 11.3 Å².